The smallest absolute Gasteiger partial charge is 0.410 e. The van der Waals surface area contributed by atoms with Crippen molar-refractivity contribution in [1.82, 2.24) is 24.3 Å². The van der Waals surface area contributed by atoms with Gasteiger partial charge in [-0.25, -0.2) is 9.78 Å². The van der Waals surface area contributed by atoms with Crippen molar-refractivity contribution in [3.05, 3.63) is 82.2 Å². The first kappa shape index (κ1) is 27.0. The van der Waals surface area contributed by atoms with Crippen molar-refractivity contribution in [2.24, 2.45) is 7.05 Å². The minimum Gasteiger partial charge on any atom is -0.446 e. The van der Waals surface area contributed by atoms with Gasteiger partial charge in [0, 0.05) is 51.6 Å². The second-order valence-corrected chi connectivity index (χ2v) is 11.4. The van der Waals surface area contributed by atoms with Crippen LogP contribution in [0.3, 0.4) is 0 Å². The predicted octanol–water partition coefficient (Wildman–Crippen LogP) is 5.89. The molecule has 0 radical (unpaired) electrons. The summed E-state index contributed by atoms with van der Waals surface area (Å²) in [6.07, 6.45) is 12.7. The highest BCUT2D eigenvalue weighted by molar-refractivity contribution is 6.30. The molecule has 1 unspecified atom stereocenters. The molecule has 1 saturated heterocycles. The molecule has 1 saturated carbocycles. The number of hydrogen-bond donors (Lipinski definition) is 0. The van der Waals surface area contributed by atoms with Crippen LogP contribution in [0.4, 0.5) is 4.79 Å². The topological polar surface area (TPSA) is 72.7 Å². The van der Waals surface area contributed by atoms with Gasteiger partial charge in [0.1, 0.15) is 12.2 Å². The SMILES string of the molecule is COC(C1=Cc2cccnc2[C@@H](N2CCN(C(=O)OC3CCCCC3)CC2)c2ccc(Cl)cc21)c1cncn1C. The Balaban J connectivity index is 1.32. The maximum absolute atomic E-state index is 13.0. The van der Waals surface area contributed by atoms with Gasteiger partial charge in [-0.2, -0.15) is 0 Å². The third-order valence-corrected chi connectivity index (χ3v) is 8.70. The maximum atomic E-state index is 13.0. The molecule has 2 fully saturated rings. The van der Waals surface area contributed by atoms with Crippen LogP contribution in [-0.2, 0) is 16.5 Å². The quantitative estimate of drug-likeness (QED) is 0.387. The number of nitrogens with zero attached hydrogens (tertiary/aromatic N) is 5. The molecule has 6 rings (SSSR count). The van der Waals surface area contributed by atoms with Crippen LogP contribution in [0.15, 0.2) is 49.1 Å². The van der Waals surface area contributed by atoms with Crippen molar-refractivity contribution in [1.29, 1.82) is 0 Å². The number of carbonyl (C=O) groups is 1. The van der Waals surface area contributed by atoms with Gasteiger partial charge in [-0.1, -0.05) is 30.2 Å². The van der Waals surface area contributed by atoms with Gasteiger partial charge in [0.15, 0.2) is 0 Å². The summed E-state index contributed by atoms with van der Waals surface area (Å²) in [5.74, 6) is 0. The van der Waals surface area contributed by atoms with Crippen molar-refractivity contribution in [3.8, 4) is 0 Å². The zero-order valence-electron chi connectivity index (χ0n) is 23.1. The minimum absolute atomic E-state index is 0.0616. The van der Waals surface area contributed by atoms with Gasteiger partial charge >= 0.3 is 6.09 Å². The zero-order chi connectivity index (χ0) is 27.6. The predicted molar refractivity (Wildman–Crippen MR) is 155 cm³/mol. The number of imidazole rings is 1. The first-order valence-corrected chi connectivity index (χ1v) is 14.6. The van der Waals surface area contributed by atoms with Crippen LogP contribution >= 0.6 is 11.6 Å². The second-order valence-electron chi connectivity index (χ2n) is 10.9. The third kappa shape index (κ3) is 5.28. The van der Waals surface area contributed by atoms with E-state index in [-0.39, 0.29) is 24.3 Å². The summed E-state index contributed by atoms with van der Waals surface area (Å²) < 4.78 is 14.0. The number of benzene rings is 1. The summed E-state index contributed by atoms with van der Waals surface area (Å²) in [4.78, 5) is 26.5. The number of carbonyl (C=O) groups excluding carboxylic acids is 1. The molecule has 3 aromatic rings. The monoisotopic (exact) mass is 561 g/mol. The lowest BCUT2D eigenvalue weighted by Crippen LogP contribution is -2.50. The number of amides is 1. The maximum Gasteiger partial charge on any atom is 0.410 e. The molecule has 2 aromatic heterocycles. The Morgan fingerprint density at radius 1 is 1.10 bits per heavy atom. The Morgan fingerprint density at radius 2 is 1.90 bits per heavy atom. The van der Waals surface area contributed by atoms with Crippen LogP contribution in [0.1, 0.15) is 72.3 Å². The van der Waals surface area contributed by atoms with Crippen molar-refractivity contribution in [2.45, 2.75) is 50.4 Å². The van der Waals surface area contributed by atoms with Crippen LogP contribution in [-0.4, -0.2) is 69.8 Å². The number of halogens is 1. The number of pyridine rings is 1. The number of methoxy groups -OCH3 is 1. The van der Waals surface area contributed by atoms with E-state index in [4.69, 9.17) is 26.1 Å². The van der Waals surface area contributed by atoms with E-state index >= 15 is 0 Å². The zero-order valence-corrected chi connectivity index (χ0v) is 23.9. The fraction of sp³-hybridized carbons (Fsp3) is 0.452. The fourth-order valence-corrected chi connectivity index (χ4v) is 6.54. The molecule has 40 heavy (non-hydrogen) atoms. The molecular weight excluding hydrogens is 526 g/mol. The lowest BCUT2D eigenvalue weighted by molar-refractivity contribution is 0.0292. The van der Waals surface area contributed by atoms with Gasteiger partial charge in [-0.05, 0) is 72.2 Å². The van der Waals surface area contributed by atoms with Gasteiger partial charge in [-0.15, -0.1) is 0 Å². The fourth-order valence-electron chi connectivity index (χ4n) is 6.37. The first-order chi connectivity index (χ1) is 19.5. The van der Waals surface area contributed by atoms with Gasteiger partial charge < -0.3 is 18.9 Å². The molecule has 3 aliphatic rings. The molecule has 3 heterocycles. The van der Waals surface area contributed by atoms with E-state index < -0.39 is 0 Å². The number of fused-ring (bicyclic) bond motifs is 2. The highest BCUT2D eigenvalue weighted by Crippen LogP contribution is 2.45. The normalized spacial score (nSPS) is 20.7. The minimum atomic E-state index is -0.345. The number of aryl methyl sites for hydroxylation is 1. The van der Waals surface area contributed by atoms with Crippen LogP contribution in [0.5, 0.6) is 0 Å². The largest absolute Gasteiger partial charge is 0.446 e. The highest BCUT2D eigenvalue weighted by atomic mass is 35.5. The van der Waals surface area contributed by atoms with Crippen LogP contribution in [0.25, 0.3) is 11.6 Å². The van der Waals surface area contributed by atoms with E-state index in [0.29, 0.717) is 31.2 Å². The lowest BCUT2D eigenvalue weighted by atomic mass is 9.91. The highest BCUT2D eigenvalue weighted by Gasteiger charge is 2.36. The van der Waals surface area contributed by atoms with E-state index in [0.717, 1.165) is 59.3 Å². The van der Waals surface area contributed by atoms with E-state index in [2.05, 4.69) is 28.1 Å². The summed E-state index contributed by atoms with van der Waals surface area (Å²) in [5, 5.41) is 0.664. The van der Waals surface area contributed by atoms with Crippen molar-refractivity contribution >= 4 is 29.3 Å². The number of ether oxygens (including phenoxy) is 2. The Hall–Kier alpha value is -3.20. The molecule has 0 bridgehead atoms. The average Bonchev–Trinajstić information content (AvgIpc) is 3.34. The first-order valence-electron chi connectivity index (χ1n) is 14.2. The molecule has 1 amide bonds. The molecule has 1 aliphatic heterocycles. The van der Waals surface area contributed by atoms with Gasteiger partial charge in [0.2, 0.25) is 0 Å². The van der Waals surface area contributed by atoms with Crippen LogP contribution in [0.2, 0.25) is 5.02 Å². The number of aromatic nitrogens is 3. The lowest BCUT2D eigenvalue weighted by Gasteiger charge is -2.40. The summed E-state index contributed by atoms with van der Waals surface area (Å²) in [6, 6.07) is 10.1. The summed E-state index contributed by atoms with van der Waals surface area (Å²) >= 11 is 6.61. The summed E-state index contributed by atoms with van der Waals surface area (Å²) in [7, 11) is 3.70. The Kier molecular flexibility index (Phi) is 7.91. The molecule has 210 valence electrons. The molecule has 9 heteroatoms. The Morgan fingerprint density at radius 3 is 2.62 bits per heavy atom. The number of rotatable bonds is 5. The third-order valence-electron chi connectivity index (χ3n) is 8.46. The molecule has 1 aromatic carbocycles. The number of piperazine rings is 1. The standard InChI is InChI=1S/C31H36ClN5O3/c1-35-20-33-19-27(35)30(39-2)26-17-21-7-6-12-34-28(21)29(24-11-10-22(32)18-25(24)26)36-13-15-37(16-14-36)31(38)40-23-8-4-3-5-9-23/h6-7,10-12,17-20,23,29-30H,3-5,8-9,13-16H2,1-2H3/t29-,30?/m0/s1. The summed E-state index contributed by atoms with van der Waals surface area (Å²) in [5.41, 5.74) is 6.14. The average molecular weight is 562 g/mol. The molecular formula is C31H36ClN5O3. The van der Waals surface area contributed by atoms with Crippen molar-refractivity contribution in [3.63, 3.8) is 0 Å². The number of hydrogen-bond acceptors (Lipinski definition) is 6. The Labute approximate surface area is 240 Å². The van der Waals surface area contributed by atoms with Crippen molar-refractivity contribution in [2.75, 3.05) is 33.3 Å². The van der Waals surface area contributed by atoms with Gasteiger partial charge in [0.25, 0.3) is 0 Å². The second kappa shape index (κ2) is 11.7. The van der Waals surface area contributed by atoms with E-state index in [1.807, 2.05) is 47.1 Å². The Bertz CT molecular complexity index is 1390. The van der Waals surface area contributed by atoms with Crippen LogP contribution in [0, 0.1) is 0 Å². The molecule has 2 atom stereocenters. The van der Waals surface area contributed by atoms with E-state index in [1.165, 1.54) is 6.42 Å². The molecule has 2 aliphatic carbocycles. The van der Waals surface area contributed by atoms with Gasteiger partial charge in [-0.3, -0.25) is 9.88 Å². The van der Waals surface area contributed by atoms with Crippen molar-refractivity contribution < 1.29 is 14.3 Å². The van der Waals surface area contributed by atoms with E-state index in [1.54, 1.807) is 13.4 Å². The van der Waals surface area contributed by atoms with Crippen LogP contribution < -0.4 is 0 Å². The molecule has 8 nitrogen and oxygen atoms in total. The van der Waals surface area contributed by atoms with E-state index in [9.17, 15) is 4.79 Å². The molecule has 0 spiro atoms. The van der Waals surface area contributed by atoms with Gasteiger partial charge in [0.05, 0.1) is 30.0 Å². The summed E-state index contributed by atoms with van der Waals surface area (Å²) in [6.45, 7) is 2.66. The molecule has 0 N–H and O–H groups in total.